The standard InChI is InChI=1S/C15H24N2O2S/c1-4-16(5-2)9-6-10-17-14(18)11-20-15(17)13-8-7-12(3)19-13/h7-8,15H,4-6,9-11H2,1-3H3. The van der Waals surface area contributed by atoms with Crippen molar-refractivity contribution in [3.63, 3.8) is 0 Å². The fourth-order valence-corrected chi connectivity index (χ4v) is 3.68. The second-order valence-electron chi connectivity index (χ2n) is 5.08. The second-order valence-corrected chi connectivity index (χ2v) is 6.15. The predicted molar refractivity (Wildman–Crippen MR) is 82.8 cm³/mol. The first-order valence-electron chi connectivity index (χ1n) is 7.35. The maximum Gasteiger partial charge on any atom is 0.233 e. The molecule has 0 aliphatic carbocycles. The summed E-state index contributed by atoms with van der Waals surface area (Å²) >= 11 is 1.66. The highest BCUT2D eigenvalue weighted by Crippen LogP contribution is 2.39. The average molecular weight is 296 g/mol. The third-order valence-electron chi connectivity index (χ3n) is 3.74. The summed E-state index contributed by atoms with van der Waals surface area (Å²) in [7, 11) is 0. The van der Waals surface area contributed by atoms with E-state index in [1.54, 1.807) is 11.8 Å². The van der Waals surface area contributed by atoms with Crippen LogP contribution in [0.15, 0.2) is 16.5 Å². The Balaban J connectivity index is 1.92. The molecule has 1 aromatic heterocycles. The summed E-state index contributed by atoms with van der Waals surface area (Å²) in [4.78, 5) is 16.4. The highest BCUT2D eigenvalue weighted by Gasteiger charge is 2.34. The lowest BCUT2D eigenvalue weighted by atomic mass is 10.3. The summed E-state index contributed by atoms with van der Waals surface area (Å²) in [6.07, 6.45) is 1.02. The van der Waals surface area contributed by atoms with E-state index in [0.29, 0.717) is 5.75 Å². The number of amides is 1. The Labute approximate surface area is 125 Å². The van der Waals surface area contributed by atoms with Crippen molar-refractivity contribution in [3.8, 4) is 0 Å². The van der Waals surface area contributed by atoms with Crippen molar-refractivity contribution in [2.45, 2.75) is 32.6 Å². The van der Waals surface area contributed by atoms with E-state index in [1.807, 2.05) is 24.0 Å². The molecule has 1 aliphatic rings. The van der Waals surface area contributed by atoms with Crippen LogP contribution >= 0.6 is 11.8 Å². The lowest BCUT2D eigenvalue weighted by molar-refractivity contribution is -0.128. The summed E-state index contributed by atoms with van der Waals surface area (Å²) < 4.78 is 5.69. The van der Waals surface area contributed by atoms with Crippen LogP contribution in [0.2, 0.25) is 0 Å². The quantitative estimate of drug-likeness (QED) is 0.775. The first-order chi connectivity index (χ1) is 9.65. The van der Waals surface area contributed by atoms with Crippen LogP contribution in [0.4, 0.5) is 0 Å². The lowest BCUT2D eigenvalue weighted by Crippen LogP contribution is -2.32. The summed E-state index contributed by atoms with van der Waals surface area (Å²) in [5, 5.41) is 0.0629. The van der Waals surface area contributed by atoms with Crippen molar-refractivity contribution in [1.82, 2.24) is 9.80 Å². The molecule has 0 aromatic carbocycles. The SMILES string of the molecule is CCN(CC)CCCN1C(=O)CSC1c1ccc(C)o1. The van der Waals surface area contributed by atoms with E-state index < -0.39 is 0 Å². The van der Waals surface area contributed by atoms with Crippen molar-refractivity contribution >= 4 is 17.7 Å². The van der Waals surface area contributed by atoms with E-state index in [4.69, 9.17) is 4.42 Å². The molecule has 2 rings (SSSR count). The molecule has 0 saturated carbocycles. The van der Waals surface area contributed by atoms with E-state index in [2.05, 4.69) is 18.7 Å². The Morgan fingerprint density at radius 3 is 2.75 bits per heavy atom. The molecule has 0 N–H and O–H groups in total. The fraction of sp³-hybridized carbons (Fsp3) is 0.667. The number of thioether (sulfide) groups is 1. The van der Waals surface area contributed by atoms with E-state index in [0.717, 1.165) is 44.1 Å². The van der Waals surface area contributed by atoms with Crippen molar-refractivity contribution in [2.75, 3.05) is 31.9 Å². The van der Waals surface area contributed by atoms with Crippen LogP contribution in [0.1, 0.15) is 37.2 Å². The zero-order chi connectivity index (χ0) is 14.5. The number of furan rings is 1. The van der Waals surface area contributed by atoms with Gasteiger partial charge in [-0.25, -0.2) is 0 Å². The van der Waals surface area contributed by atoms with Crippen molar-refractivity contribution in [3.05, 3.63) is 23.7 Å². The van der Waals surface area contributed by atoms with Gasteiger partial charge in [0.1, 0.15) is 16.9 Å². The molecule has 0 spiro atoms. The minimum Gasteiger partial charge on any atom is -0.463 e. The maximum absolute atomic E-state index is 12.0. The third kappa shape index (κ3) is 3.58. The minimum atomic E-state index is 0.0629. The van der Waals surface area contributed by atoms with Gasteiger partial charge in [0.15, 0.2) is 0 Å². The Hall–Kier alpha value is -0.940. The van der Waals surface area contributed by atoms with Gasteiger partial charge in [-0.15, -0.1) is 11.8 Å². The van der Waals surface area contributed by atoms with Gasteiger partial charge in [0.25, 0.3) is 0 Å². The van der Waals surface area contributed by atoms with Gasteiger partial charge in [0.2, 0.25) is 5.91 Å². The van der Waals surface area contributed by atoms with Gasteiger partial charge < -0.3 is 14.2 Å². The Morgan fingerprint density at radius 1 is 1.40 bits per heavy atom. The summed E-state index contributed by atoms with van der Waals surface area (Å²) in [5.41, 5.74) is 0. The number of carbonyl (C=O) groups is 1. The zero-order valence-corrected chi connectivity index (χ0v) is 13.4. The smallest absolute Gasteiger partial charge is 0.233 e. The fourth-order valence-electron chi connectivity index (χ4n) is 2.52. The predicted octanol–water partition coefficient (Wildman–Crippen LogP) is 2.89. The minimum absolute atomic E-state index is 0.0629. The average Bonchev–Trinajstić information content (AvgIpc) is 3.02. The van der Waals surface area contributed by atoms with Gasteiger partial charge in [-0.3, -0.25) is 4.79 Å². The van der Waals surface area contributed by atoms with Crippen LogP contribution in [0.25, 0.3) is 0 Å². The third-order valence-corrected chi connectivity index (χ3v) is 4.96. The maximum atomic E-state index is 12.0. The highest BCUT2D eigenvalue weighted by molar-refractivity contribution is 8.00. The molecule has 112 valence electrons. The number of carbonyl (C=O) groups excluding carboxylic acids is 1. The van der Waals surface area contributed by atoms with Gasteiger partial charge >= 0.3 is 0 Å². The van der Waals surface area contributed by atoms with Crippen LogP contribution in [0.3, 0.4) is 0 Å². The largest absolute Gasteiger partial charge is 0.463 e. The van der Waals surface area contributed by atoms with Crippen molar-refractivity contribution < 1.29 is 9.21 Å². The molecule has 20 heavy (non-hydrogen) atoms. The zero-order valence-electron chi connectivity index (χ0n) is 12.6. The van der Waals surface area contributed by atoms with Gasteiger partial charge in [-0.1, -0.05) is 13.8 Å². The van der Waals surface area contributed by atoms with Crippen molar-refractivity contribution in [2.24, 2.45) is 0 Å². The molecule has 1 aliphatic heterocycles. The van der Waals surface area contributed by atoms with Gasteiger partial charge in [-0.05, 0) is 45.1 Å². The van der Waals surface area contributed by atoms with Crippen LogP contribution in [0, 0.1) is 6.92 Å². The summed E-state index contributed by atoms with van der Waals surface area (Å²) in [6, 6.07) is 3.95. The molecule has 0 radical (unpaired) electrons. The molecule has 5 heteroatoms. The number of hydrogen-bond donors (Lipinski definition) is 0. The normalized spacial score (nSPS) is 19.3. The first-order valence-corrected chi connectivity index (χ1v) is 8.40. The molecular formula is C15H24N2O2S. The Bertz CT molecular complexity index is 443. The number of aryl methyl sites for hydroxylation is 1. The van der Waals surface area contributed by atoms with Crippen LogP contribution < -0.4 is 0 Å². The molecule has 1 unspecified atom stereocenters. The lowest BCUT2D eigenvalue weighted by Gasteiger charge is -2.24. The van der Waals surface area contributed by atoms with Gasteiger partial charge in [0.05, 0.1) is 5.75 Å². The van der Waals surface area contributed by atoms with Crippen LogP contribution in [-0.2, 0) is 4.79 Å². The molecule has 1 amide bonds. The number of rotatable bonds is 7. The Morgan fingerprint density at radius 2 is 2.15 bits per heavy atom. The van der Waals surface area contributed by atoms with E-state index >= 15 is 0 Å². The van der Waals surface area contributed by atoms with Crippen LogP contribution in [0.5, 0.6) is 0 Å². The molecular weight excluding hydrogens is 272 g/mol. The van der Waals surface area contributed by atoms with E-state index in [-0.39, 0.29) is 11.3 Å². The molecule has 1 aromatic rings. The van der Waals surface area contributed by atoms with E-state index in [9.17, 15) is 4.79 Å². The summed E-state index contributed by atoms with van der Waals surface area (Å²) in [6.45, 7) is 10.3. The summed E-state index contributed by atoms with van der Waals surface area (Å²) in [5.74, 6) is 2.60. The molecule has 4 nitrogen and oxygen atoms in total. The Kier molecular flexibility index (Phi) is 5.54. The first kappa shape index (κ1) is 15.4. The molecule has 2 heterocycles. The molecule has 1 atom stereocenters. The number of hydrogen-bond acceptors (Lipinski definition) is 4. The second kappa shape index (κ2) is 7.18. The molecule has 0 bridgehead atoms. The van der Waals surface area contributed by atoms with Gasteiger partial charge in [0, 0.05) is 6.54 Å². The highest BCUT2D eigenvalue weighted by atomic mass is 32.2. The monoisotopic (exact) mass is 296 g/mol. The number of nitrogens with zero attached hydrogens (tertiary/aromatic N) is 2. The van der Waals surface area contributed by atoms with Crippen molar-refractivity contribution in [1.29, 1.82) is 0 Å². The van der Waals surface area contributed by atoms with Gasteiger partial charge in [-0.2, -0.15) is 0 Å². The van der Waals surface area contributed by atoms with Crippen LogP contribution in [-0.4, -0.2) is 47.6 Å². The topological polar surface area (TPSA) is 36.7 Å². The molecule has 1 fully saturated rings. The molecule has 1 saturated heterocycles. The van der Waals surface area contributed by atoms with E-state index in [1.165, 1.54) is 0 Å².